The third-order valence-corrected chi connectivity index (χ3v) is 6.28. The molecule has 3 rings (SSSR count). The largest absolute Gasteiger partial charge is 0.325 e. The van der Waals surface area contributed by atoms with Crippen molar-refractivity contribution in [3.8, 4) is 0 Å². The summed E-state index contributed by atoms with van der Waals surface area (Å²) in [7, 11) is 0. The molecule has 2 heterocycles. The molecule has 28 heavy (non-hydrogen) atoms. The summed E-state index contributed by atoms with van der Waals surface area (Å²) in [4.78, 5) is 41.1. The number of thiophene rings is 1. The van der Waals surface area contributed by atoms with Gasteiger partial charge in [-0.05, 0) is 42.7 Å². The predicted molar refractivity (Wildman–Crippen MR) is 106 cm³/mol. The second-order valence-corrected chi connectivity index (χ2v) is 8.05. The SMILES string of the molecule is CCCC[C@]1(c2ccc(F)cc2)NC(=O)N(CC(=O)c2ccc(CC)s2)C1=O. The number of carbonyl (C=O) groups excluding carboxylic acids is 3. The van der Waals surface area contributed by atoms with Crippen LogP contribution in [0.3, 0.4) is 0 Å². The number of ketones is 1. The first kappa shape index (κ1) is 20.2. The number of carbonyl (C=O) groups is 3. The van der Waals surface area contributed by atoms with Crippen LogP contribution in [-0.2, 0) is 16.8 Å². The van der Waals surface area contributed by atoms with Gasteiger partial charge in [-0.3, -0.25) is 14.5 Å². The van der Waals surface area contributed by atoms with Crippen LogP contribution in [0.15, 0.2) is 36.4 Å². The van der Waals surface area contributed by atoms with E-state index in [1.807, 2.05) is 19.9 Å². The van der Waals surface area contributed by atoms with Gasteiger partial charge in [-0.2, -0.15) is 0 Å². The molecule has 0 unspecified atom stereocenters. The molecule has 0 spiro atoms. The lowest BCUT2D eigenvalue weighted by Gasteiger charge is -2.27. The number of nitrogens with one attached hydrogen (secondary N) is 1. The number of aryl methyl sites for hydroxylation is 1. The Hall–Kier alpha value is -2.54. The molecule has 1 N–H and O–H groups in total. The van der Waals surface area contributed by atoms with Crippen molar-refractivity contribution in [1.29, 1.82) is 0 Å². The highest BCUT2D eigenvalue weighted by atomic mass is 32.1. The minimum atomic E-state index is -1.26. The molecule has 1 aliphatic rings. The first-order chi connectivity index (χ1) is 13.4. The minimum Gasteiger partial charge on any atom is -0.319 e. The lowest BCUT2D eigenvalue weighted by molar-refractivity contribution is -0.131. The second kappa shape index (κ2) is 8.22. The zero-order valence-corrected chi connectivity index (χ0v) is 16.8. The molecule has 0 bridgehead atoms. The van der Waals surface area contributed by atoms with Crippen LogP contribution in [0.1, 0.15) is 53.2 Å². The molecule has 1 fully saturated rings. The number of benzene rings is 1. The van der Waals surface area contributed by atoms with Crippen molar-refractivity contribution in [2.24, 2.45) is 0 Å². The maximum atomic E-state index is 13.4. The molecule has 1 aromatic carbocycles. The Bertz CT molecular complexity index is 893. The summed E-state index contributed by atoms with van der Waals surface area (Å²) in [6.07, 6.45) is 2.76. The van der Waals surface area contributed by atoms with Gasteiger partial charge in [0.25, 0.3) is 5.91 Å². The topological polar surface area (TPSA) is 66.5 Å². The van der Waals surface area contributed by atoms with Crippen molar-refractivity contribution in [3.63, 3.8) is 0 Å². The summed E-state index contributed by atoms with van der Waals surface area (Å²) in [5.41, 5.74) is -0.731. The van der Waals surface area contributed by atoms with Gasteiger partial charge in [-0.25, -0.2) is 9.18 Å². The summed E-state index contributed by atoms with van der Waals surface area (Å²) in [6, 6.07) is 8.60. The Labute approximate surface area is 167 Å². The van der Waals surface area contributed by atoms with Crippen molar-refractivity contribution < 1.29 is 18.8 Å². The first-order valence-electron chi connectivity index (χ1n) is 9.43. The standard InChI is InChI=1S/C21H23FN2O3S/c1-3-5-12-21(14-6-8-15(22)9-7-14)19(26)24(20(27)23-21)13-17(25)18-11-10-16(4-2)28-18/h6-11H,3-5,12-13H2,1-2H3,(H,23,27)/t21-/m1/s1. The van der Waals surface area contributed by atoms with E-state index in [1.165, 1.54) is 35.6 Å². The fraction of sp³-hybridized carbons (Fsp3) is 0.381. The van der Waals surface area contributed by atoms with Crippen LogP contribution >= 0.6 is 11.3 Å². The summed E-state index contributed by atoms with van der Waals surface area (Å²) < 4.78 is 13.4. The van der Waals surface area contributed by atoms with E-state index in [0.29, 0.717) is 23.3 Å². The number of Topliss-reactive ketones (excluding diaryl/α,β-unsaturated/α-hetero) is 1. The number of amides is 3. The molecular weight excluding hydrogens is 379 g/mol. The van der Waals surface area contributed by atoms with Gasteiger partial charge >= 0.3 is 6.03 Å². The molecule has 1 aliphatic heterocycles. The molecule has 1 saturated heterocycles. The number of urea groups is 1. The van der Waals surface area contributed by atoms with Gasteiger partial charge in [0.1, 0.15) is 11.4 Å². The van der Waals surface area contributed by atoms with Gasteiger partial charge in [-0.1, -0.05) is 38.8 Å². The zero-order valence-electron chi connectivity index (χ0n) is 16.0. The van der Waals surface area contributed by atoms with E-state index in [1.54, 1.807) is 6.07 Å². The molecule has 0 saturated carbocycles. The average molecular weight is 402 g/mol. The smallest absolute Gasteiger partial charge is 0.319 e. The van der Waals surface area contributed by atoms with Crippen LogP contribution in [-0.4, -0.2) is 29.2 Å². The molecule has 7 heteroatoms. The van der Waals surface area contributed by atoms with Gasteiger partial charge in [0.2, 0.25) is 0 Å². The molecule has 2 aromatic rings. The number of hydrogen-bond donors (Lipinski definition) is 1. The van der Waals surface area contributed by atoms with Crippen LogP contribution in [0.25, 0.3) is 0 Å². The van der Waals surface area contributed by atoms with E-state index >= 15 is 0 Å². The molecule has 148 valence electrons. The van der Waals surface area contributed by atoms with E-state index in [0.717, 1.165) is 22.6 Å². The third kappa shape index (κ3) is 3.71. The molecule has 1 atom stereocenters. The number of nitrogens with zero attached hydrogens (tertiary/aromatic N) is 1. The van der Waals surface area contributed by atoms with Crippen molar-refractivity contribution in [3.05, 3.63) is 57.5 Å². The number of rotatable bonds is 8. The first-order valence-corrected chi connectivity index (χ1v) is 10.2. The molecule has 3 amide bonds. The lowest BCUT2D eigenvalue weighted by Crippen LogP contribution is -2.44. The van der Waals surface area contributed by atoms with Crippen LogP contribution in [0, 0.1) is 5.82 Å². The molecule has 1 aromatic heterocycles. The minimum absolute atomic E-state index is 0.265. The Balaban J connectivity index is 1.88. The summed E-state index contributed by atoms with van der Waals surface area (Å²) in [5, 5.41) is 2.78. The van der Waals surface area contributed by atoms with Gasteiger partial charge < -0.3 is 5.32 Å². The van der Waals surface area contributed by atoms with E-state index in [4.69, 9.17) is 0 Å². The summed E-state index contributed by atoms with van der Waals surface area (Å²) >= 11 is 1.38. The predicted octanol–water partition coefficient (Wildman–Crippen LogP) is 4.27. The quantitative estimate of drug-likeness (QED) is 0.530. The Morgan fingerprint density at radius 1 is 1.14 bits per heavy atom. The van der Waals surface area contributed by atoms with E-state index < -0.39 is 23.3 Å². The maximum absolute atomic E-state index is 13.4. The Kier molecular flexibility index (Phi) is 5.93. The number of imide groups is 1. The highest BCUT2D eigenvalue weighted by Gasteiger charge is 2.52. The molecule has 5 nitrogen and oxygen atoms in total. The van der Waals surface area contributed by atoms with E-state index in [2.05, 4.69) is 5.32 Å². The van der Waals surface area contributed by atoms with Crippen LogP contribution in [0.2, 0.25) is 0 Å². The van der Waals surface area contributed by atoms with Crippen molar-refractivity contribution in [2.75, 3.05) is 6.54 Å². The van der Waals surface area contributed by atoms with Crippen molar-refractivity contribution >= 4 is 29.1 Å². The molecular formula is C21H23FN2O3S. The zero-order chi connectivity index (χ0) is 20.3. The van der Waals surface area contributed by atoms with Crippen LogP contribution in [0.5, 0.6) is 0 Å². The van der Waals surface area contributed by atoms with Crippen LogP contribution in [0.4, 0.5) is 9.18 Å². The second-order valence-electron chi connectivity index (χ2n) is 6.88. The molecule has 0 radical (unpaired) electrons. The highest BCUT2D eigenvalue weighted by molar-refractivity contribution is 7.14. The number of hydrogen-bond acceptors (Lipinski definition) is 4. The summed E-state index contributed by atoms with van der Waals surface area (Å²) in [6.45, 7) is 3.69. The number of unbranched alkanes of at least 4 members (excludes halogenated alkanes) is 1. The van der Waals surface area contributed by atoms with Gasteiger partial charge in [-0.15, -0.1) is 11.3 Å². The Morgan fingerprint density at radius 2 is 1.86 bits per heavy atom. The van der Waals surface area contributed by atoms with Gasteiger partial charge in [0.15, 0.2) is 5.78 Å². The van der Waals surface area contributed by atoms with Gasteiger partial charge in [0.05, 0.1) is 11.4 Å². The fourth-order valence-electron chi connectivity index (χ4n) is 3.39. The monoisotopic (exact) mass is 402 g/mol. The average Bonchev–Trinajstić information content (AvgIpc) is 3.26. The highest BCUT2D eigenvalue weighted by Crippen LogP contribution is 2.34. The fourth-order valence-corrected chi connectivity index (χ4v) is 4.27. The van der Waals surface area contributed by atoms with Crippen LogP contribution < -0.4 is 5.32 Å². The van der Waals surface area contributed by atoms with E-state index in [9.17, 15) is 18.8 Å². The number of halogens is 1. The Morgan fingerprint density at radius 3 is 2.46 bits per heavy atom. The summed E-state index contributed by atoms with van der Waals surface area (Å²) in [5.74, 6) is -1.14. The molecule has 0 aliphatic carbocycles. The third-order valence-electron chi connectivity index (χ3n) is 5.00. The lowest BCUT2D eigenvalue weighted by atomic mass is 9.84. The van der Waals surface area contributed by atoms with Gasteiger partial charge in [0, 0.05) is 4.88 Å². The normalized spacial score (nSPS) is 19.2. The maximum Gasteiger partial charge on any atom is 0.325 e. The van der Waals surface area contributed by atoms with Crippen molar-refractivity contribution in [2.45, 2.75) is 45.1 Å². The van der Waals surface area contributed by atoms with Crippen molar-refractivity contribution in [1.82, 2.24) is 10.2 Å². The van der Waals surface area contributed by atoms with E-state index in [-0.39, 0.29) is 12.3 Å².